The van der Waals surface area contributed by atoms with E-state index in [1.165, 1.54) is 48.5 Å². The first-order chi connectivity index (χ1) is 17.5. The van der Waals surface area contributed by atoms with Crippen molar-refractivity contribution in [1.82, 2.24) is 4.90 Å². The van der Waals surface area contributed by atoms with Crippen molar-refractivity contribution < 1.29 is 41.5 Å². The topological polar surface area (TPSA) is 92.8 Å². The molecule has 0 saturated carbocycles. The number of esters is 1. The van der Waals surface area contributed by atoms with Crippen molar-refractivity contribution in [1.29, 1.82) is 0 Å². The van der Waals surface area contributed by atoms with Crippen LogP contribution in [0.4, 0.5) is 23.2 Å². The SMILES string of the molecule is COC(=O)c1ccc([C@H](F)[C@@H](C(=O)Nc2ccc(C(F)(F)F)cc2)N2C(=O)c3ccccc3C2=O)cc1. The fourth-order valence-electron chi connectivity index (χ4n) is 3.90. The van der Waals surface area contributed by atoms with Crippen molar-refractivity contribution in [3.05, 3.63) is 101 Å². The Labute approximate surface area is 207 Å². The molecule has 190 valence electrons. The van der Waals surface area contributed by atoms with Crippen molar-refractivity contribution in [2.45, 2.75) is 18.4 Å². The number of fused-ring (bicyclic) bond motifs is 1. The standard InChI is InChI=1S/C26H18F4N2O5/c1-37-25(36)15-8-6-14(7-9-15)20(27)21(32-23(34)18-4-2-3-5-19(18)24(32)35)22(33)31-17-12-10-16(11-13-17)26(28,29)30/h2-13,20-21H,1H3,(H,31,33)/t20-,21-/m0/s1. The molecular formula is C26H18F4N2O5. The summed E-state index contributed by atoms with van der Waals surface area (Å²) in [5.41, 5.74) is -1.13. The van der Waals surface area contributed by atoms with Crippen LogP contribution in [-0.4, -0.2) is 41.7 Å². The van der Waals surface area contributed by atoms with E-state index in [2.05, 4.69) is 10.1 Å². The summed E-state index contributed by atoms with van der Waals surface area (Å²) >= 11 is 0. The van der Waals surface area contributed by atoms with Crippen LogP contribution in [0.5, 0.6) is 0 Å². The number of rotatable bonds is 6. The number of anilines is 1. The molecule has 0 radical (unpaired) electrons. The van der Waals surface area contributed by atoms with E-state index >= 15 is 4.39 Å². The summed E-state index contributed by atoms with van der Waals surface area (Å²) in [6, 6.07) is 12.0. The second-order valence-corrected chi connectivity index (χ2v) is 8.05. The maximum Gasteiger partial charge on any atom is 0.416 e. The number of alkyl halides is 4. The number of methoxy groups -OCH3 is 1. The van der Waals surface area contributed by atoms with E-state index in [4.69, 9.17) is 0 Å². The molecule has 1 aliphatic rings. The van der Waals surface area contributed by atoms with E-state index < -0.39 is 47.6 Å². The highest BCUT2D eigenvalue weighted by atomic mass is 19.4. The number of nitrogens with zero attached hydrogens (tertiary/aromatic N) is 1. The molecule has 3 aromatic carbocycles. The predicted octanol–water partition coefficient (Wildman–Crippen LogP) is 4.81. The summed E-state index contributed by atoms with van der Waals surface area (Å²) in [5.74, 6) is -3.62. The molecule has 37 heavy (non-hydrogen) atoms. The molecule has 2 atom stereocenters. The van der Waals surface area contributed by atoms with E-state index in [0.29, 0.717) is 4.90 Å². The van der Waals surface area contributed by atoms with Gasteiger partial charge in [-0.2, -0.15) is 13.2 Å². The van der Waals surface area contributed by atoms with Crippen molar-refractivity contribution in [3.8, 4) is 0 Å². The van der Waals surface area contributed by atoms with E-state index in [1.807, 2.05) is 0 Å². The fraction of sp³-hybridized carbons (Fsp3) is 0.154. The van der Waals surface area contributed by atoms with Crippen LogP contribution in [-0.2, 0) is 15.7 Å². The van der Waals surface area contributed by atoms with Crippen LogP contribution in [0.2, 0.25) is 0 Å². The van der Waals surface area contributed by atoms with Gasteiger partial charge in [-0.05, 0) is 54.1 Å². The van der Waals surface area contributed by atoms with Crippen LogP contribution in [0.25, 0.3) is 0 Å². The summed E-state index contributed by atoms with van der Waals surface area (Å²) in [4.78, 5) is 51.6. The molecule has 0 fully saturated rings. The van der Waals surface area contributed by atoms with Gasteiger partial charge < -0.3 is 10.1 Å². The van der Waals surface area contributed by atoms with Gasteiger partial charge in [-0.25, -0.2) is 9.18 Å². The highest BCUT2D eigenvalue weighted by molar-refractivity contribution is 6.23. The van der Waals surface area contributed by atoms with Crippen molar-refractivity contribution in [2.75, 3.05) is 12.4 Å². The third-order valence-electron chi connectivity index (χ3n) is 5.78. The van der Waals surface area contributed by atoms with Crippen LogP contribution < -0.4 is 5.32 Å². The molecular weight excluding hydrogens is 496 g/mol. The quantitative estimate of drug-likeness (QED) is 0.290. The first kappa shape index (κ1) is 25.5. The number of amides is 3. The molecule has 3 aromatic rings. The third-order valence-corrected chi connectivity index (χ3v) is 5.78. The van der Waals surface area contributed by atoms with Gasteiger partial charge in [0, 0.05) is 5.69 Å². The molecule has 1 aliphatic heterocycles. The molecule has 0 aliphatic carbocycles. The van der Waals surface area contributed by atoms with Crippen LogP contribution in [0.15, 0.2) is 72.8 Å². The zero-order valence-electron chi connectivity index (χ0n) is 19.1. The number of ether oxygens (including phenoxy) is 1. The molecule has 11 heteroatoms. The average molecular weight is 514 g/mol. The van der Waals surface area contributed by atoms with Crippen LogP contribution >= 0.6 is 0 Å². The van der Waals surface area contributed by atoms with Gasteiger partial charge in [-0.1, -0.05) is 24.3 Å². The number of carbonyl (C=O) groups excluding carboxylic acids is 4. The lowest BCUT2D eigenvalue weighted by Gasteiger charge is -2.28. The molecule has 1 N–H and O–H groups in total. The average Bonchev–Trinajstić information content (AvgIpc) is 3.13. The number of nitrogens with one attached hydrogen (secondary N) is 1. The number of benzene rings is 3. The first-order valence-corrected chi connectivity index (χ1v) is 10.8. The predicted molar refractivity (Wildman–Crippen MR) is 122 cm³/mol. The van der Waals surface area contributed by atoms with E-state index in [9.17, 15) is 32.3 Å². The van der Waals surface area contributed by atoms with Gasteiger partial charge >= 0.3 is 12.1 Å². The Bertz CT molecular complexity index is 1340. The smallest absolute Gasteiger partial charge is 0.416 e. The molecule has 4 rings (SSSR count). The Hall–Kier alpha value is -4.54. The number of halogens is 4. The number of carbonyl (C=O) groups is 4. The molecule has 3 amide bonds. The number of hydrogen-bond acceptors (Lipinski definition) is 5. The van der Waals surface area contributed by atoms with Gasteiger partial charge in [0.1, 0.15) is 0 Å². The molecule has 1 heterocycles. The fourth-order valence-corrected chi connectivity index (χ4v) is 3.90. The summed E-state index contributed by atoms with van der Waals surface area (Å²) < 4.78 is 59.2. The van der Waals surface area contributed by atoms with Gasteiger partial charge in [0.2, 0.25) is 0 Å². The maximum absolute atomic E-state index is 15.9. The second kappa shape index (κ2) is 9.84. The van der Waals surface area contributed by atoms with Crippen molar-refractivity contribution in [2.24, 2.45) is 0 Å². The van der Waals surface area contributed by atoms with E-state index in [0.717, 1.165) is 31.4 Å². The third kappa shape index (κ3) is 4.92. The summed E-state index contributed by atoms with van der Waals surface area (Å²) in [6.07, 6.45) is -6.85. The normalized spacial score (nSPS) is 14.7. The highest BCUT2D eigenvalue weighted by Gasteiger charge is 2.47. The van der Waals surface area contributed by atoms with Crippen molar-refractivity contribution >= 4 is 29.4 Å². The van der Waals surface area contributed by atoms with E-state index in [-0.39, 0.29) is 27.9 Å². The minimum atomic E-state index is -4.61. The molecule has 7 nitrogen and oxygen atoms in total. The second-order valence-electron chi connectivity index (χ2n) is 8.05. The Kier molecular flexibility index (Phi) is 6.80. The molecule has 0 unspecified atom stereocenters. The summed E-state index contributed by atoms with van der Waals surface area (Å²) in [5, 5.41) is 2.29. The Morgan fingerprint density at radius 2 is 1.41 bits per heavy atom. The Balaban J connectivity index is 1.69. The van der Waals surface area contributed by atoms with Gasteiger partial charge in [0.25, 0.3) is 17.7 Å². The monoisotopic (exact) mass is 514 g/mol. The molecule has 0 saturated heterocycles. The van der Waals surface area contributed by atoms with E-state index in [1.54, 1.807) is 0 Å². The molecule has 0 bridgehead atoms. The highest BCUT2D eigenvalue weighted by Crippen LogP contribution is 2.34. The largest absolute Gasteiger partial charge is 0.465 e. The molecule has 0 aromatic heterocycles. The summed E-state index contributed by atoms with van der Waals surface area (Å²) in [7, 11) is 1.16. The Morgan fingerprint density at radius 3 is 1.89 bits per heavy atom. The lowest BCUT2D eigenvalue weighted by molar-refractivity contribution is -0.137. The lowest BCUT2D eigenvalue weighted by Crippen LogP contribution is -2.49. The zero-order valence-corrected chi connectivity index (χ0v) is 19.1. The zero-order chi connectivity index (χ0) is 26.9. The van der Waals surface area contributed by atoms with Gasteiger partial charge in [0.15, 0.2) is 12.2 Å². The minimum absolute atomic E-state index is 0.0203. The maximum atomic E-state index is 15.9. The Morgan fingerprint density at radius 1 is 0.865 bits per heavy atom. The lowest BCUT2D eigenvalue weighted by atomic mass is 9.99. The van der Waals surface area contributed by atoms with Crippen molar-refractivity contribution in [3.63, 3.8) is 0 Å². The van der Waals surface area contributed by atoms with Gasteiger partial charge in [-0.3, -0.25) is 19.3 Å². The minimum Gasteiger partial charge on any atom is -0.465 e. The summed E-state index contributed by atoms with van der Waals surface area (Å²) in [6.45, 7) is 0. The molecule has 0 spiro atoms. The van der Waals surface area contributed by atoms with Crippen LogP contribution in [0, 0.1) is 0 Å². The van der Waals surface area contributed by atoms with Gasteiger partial charge in [0.05, 0.1) is 29.4 Å². The first-order valence-electron chi connectivity index (χ1n) is 10.8. The van der Waals surface area contributed by atoms with Crippen LogP contribution in [0.1, 0.15) is 48.4 Å². The van der Waals surface area contributed by atoms with Gasteiger partial charge in [-0.15, -0.1) is 0 Å². The van der Waals surface area contributed by atoms with Crippen LogP contribution in [0.3, 0.4) is 0 Å². The number of imide groups is 1. The number of hydrogen-bond donors (Lipinski definition) is 1.